The van der Waals surface area contributed by atoms with Gasteiger partial charge in [-0.15, -0.1) is 0 Å². The number of rotatable bonds is 11. The molecule has 4 nitrogen and oxygen atoms in total. The Labute approximate surface area is 134 Å². The second kappa shape index (κ2) is 10.6. The fourth-order valence-electron chi connectivity index (χ4n) is 3.20. The van der Waals surface area contributed by atoms with E-state index < -0.39 is 17.4 Å². The van der Waals surface area contributed by atoms with Crippen molar-refractivity contribution in [3.8, 4) is 0 Å². The van der Waals surface area contributed by atoms with Crippen molar-refractivity contribution in [1.82, 2.24) is 0 Å². The third kappa shape index (κ3) is 5.98. The van der Waals surface area contributed by atoms with Gasteiger partial charge in [0.2, 0.25) is 0 Å². The zero-order valence-electron chi connectivity index (χ0n) is 14.1. The number of hydrogen-bond donors (Lipinski definition) is 1. The summed E-state index contributed by atoms with van der Waals surface area (Å²) >= 11 is 0. The van der Waals surface area contributed by atoms with Crippen molar-refractivity contribution in [1.29, 1.82) is 0 Å². The average Bonchev–Trinajstić information content (AvgIpc) is 2.53. The lowest BCUT2D eigenvalue weighted by Gasteiger charge is -2.30. The molecule has 0 heterocycles. The molecule has 1 rings (SSSR count). The molecule has 0 radical (unpaired) electrons. The van der Waals surface area contributed by atoms with Gasteiger partial charge in [0.1, 0.15) is 0 Å². The van der Waals surface area contributed by atoms with Gasteiger partial charge in [0, 0.05) is 0 Å². The normalized spacial score (nSPS) is 17.1. The van der Waals surface area contributed by atoms with Crippen molar-refractivity contribution in [2.45, 2.75) is 90.4 Å². The molecular formula is C18H32O4. The van der Waals surface area contributed by atoms with Crippen LogP contribution in [0.15, 0.2) is 0 Å². The predicted molar refractivity (Wildman–Crippen MR) is 86.7 cm³/mol. The first-order valence-corrected chi connectivity index (χ1v) is 9.04. The summed E-state index contributed by atoms with van der Waals surface area (Å²) in [7, 11) is 0. The molecule has 0 amide bonds. The maximum atomic E-state index is 12.2. The van der Waals surface area contributed by atoms with Crippen molar-refractivity contribution in [2.24, 2.45) is 5.41 Å². The number of carboxylic acid groups (broad SMARTS) is 1. The SMILES string of the molecule is CCCCCCCCCCOC(=O)C1(C(=O)O)CCCCC1. The molecule has 128 valence electrons. The second-order valence-corrected chi connectivity index (χ2v) is 6.56. The highest BCUT2D eigenvalue weighted by molar-refractivity contribution is 5.99. The van der Waals surface area contributed by atoms with Crippen molar-refractivity contribution in [2.75, 3.05) is 6.61 Å². The topological polar surface area (TPSA) is 63.6 Å². The molecule has 0 bridgehead atoms. The van der Waals surface area contributed by atoms with Crippen LogP contribution in [0.4, 0.5) is 0 Å². The Morgan fingerprint density at radius 3 is 2.00 bits per heavy atom. The molecule has 0 aromatic rings. The molecule has 0 aliphatic heterocycles. The molecule has 0 aromatic heterocycles. The van der Waals surface area contributed by atoms with Crippen LogP contribution in [0.3, 0.4) is 0 Å². The summed E-state index contributed by atoms with van der Waals surface area (Å²) in [5.41, 5.74) is -1.27. The summed E-state index contributed by atoms with van der Waals surface area (Å²) in [6.07, 6.45) is 13.0. The largest absolute Gasteiger partial charge is 0.480 e. The molecule has 1 N–H and O–H groups in total. The number of unbranched alkanes of at least 4 members (excludes halogenated alkanes) is 7. The Hall–Kier alpha value is -1.06. The minimum Gasteiger partial charge on any atom is -0.480 e. The maximum absolute atomic E-state index is 12.2. The van der Waals surface area contributed by atoms with Gasteiger partial charge in [0.05, 0.1) is 6.61 Å². The Morgan fingerprint density at radius 1 is 0.909 bits per heavy atom. The second-order valence-electron chi connectivity index (χ2n) is 6.56. The Morgan fingerprint density at radius 2 is 1.45 bits per heavy atom. The van der Waals surface area contributed by atoms with Crippen molar-refractivity contribution in [3.05, 3.63) is 0 Å². The lowest BCUT2D eigenvalue weighted by atomic mass is 9.74. The average molecular weight is 312 g/mol. The van der Waals surface area contributed by atoms with E-state index in [4.69, 9.17) is 4.74 Å². The molecule has 1 fully saturated rings. The number of carbonyl (C=O) groups excluding carboxylic acids is 1. The molecule has 1 aliphatic rings. The fraction of sp³-hybridized carbons (Fsp3) is 0.889. The van der Waals surface area contributed by atoms with E-state index in [1.54, 1.807) is 0 Å². The first kappa shape index (κ1) is 19.0. The van der Waals surface area contributed by atoms with Gasteiger partial charge in [-0.05, 0) is 19.3 Å². The first-order valence-electron chi connectivity index (χ1n) is 9.04. The van der Waals surface area contributed by atoms with Crippen LogP contribution in [0.5, 0.6) is 0 Å². The molecule has 0 aromatic carbocycles. The highest BCUT2D eigenvalue weighted by Crippen LogP contribution is 2.37. The lowest BCUT2D eigenvalue weighted by Crippen LogP contribution is -2.42. The molecule has 0 atom stereocenters. The van der Waals surface area contributed by atoms with Gasteiger partial charge in [-0.2, -0.15) is 0 Å². The number of aliphatic carboxylic acids is 1. The van der Waals surface area contributed by atoms with Gasteiger partial charge < -0.3 is 9.84 Å². The third-order valence-corrected chi connectivity index (χ3v) is 4.74. The summed E-state index contributed by atoms with van der Waals surface area (Å²) in [5.74, 6) is -1.52. The van der Waals surface area contributed by atoms with Gasteiger partial charge in [0.25, 0.3) is 0 Å². The smallest absolute Gasteiger partial charge is 0.323 e. The van der Waals surface area contributed by atoms with E-state index in [0.29, 0.717) is 19.4 Å². The predicted octanol–water partition coefficient (Wildman–Crippen LogP) is 4.71. The van der Waals surface area contributed by atoms with E-state index in [1.165, 1.54) is 38.5 Å². The van der Waals surface area contributed by atoms with Crippen LogP contribution in [-0.2, 0) is 14.3 Å². The van der Waals surface area contributed by atoms with Crippen molar-refractivity contribution in [3.63, 3.8) is 0 Å². The van der Waals surface area contributed by atoms with Crippen LogP contribution in [-0.4, -0.2) is 23.7 Å². The summed E-state index contributed by atoms with van der Waals surface area (Å²) in [5, 5.41) is 9.40. The lowest BCUT2D eigenvalue weighted by molar-refractivity contribution is -0.171. The van der Waals surface area contributed by atoms with E-state index in [2.05, 4.69) is 6.92 Å². The quantitative estimate of drug-likeness (QED) is 0.341. The van der Waals surface area contributed by atoms with Crippen LogP contribution >= 0.6 is 0 Å². The Kier molecular flexibility index (Phi) is 9.17. The number of esters is 1. The van der Waals surface area contributed by atoms with E-state index in [-0.39, 0.29) is 0 Å². The molecule has 4 heteroatoms. The van der Waals surface area contributed by atoms with E-state index in [9.17, 15) is 14.7 Å². The van der Waals surface area contributed by atoms with Gasteiger partial charge in [-0.25, -0.2) is 0 Å². The molecule has 0 unspecified atom stereocenters. The fourth-order valence-corrected chi connectivity index (χ4v) is 3.20. The van der Waals surface area contributed by atoms with Crippen molar-refractivity contribution >= 4 is 11.9 Å². The zero-order valence-corrected chi connectivity index (χ0v) is 14.1. The van der Waals surface area contributed by atoms with Crippen LogP contribution < -0.4 is 0 Å². The van der Waals surface area contributed by atoms with Crippen LogP contribution in [0.1, 0.15) is 90.4 Å². The van der Waals surface area contributed by atoms with Gasteiger partial charge in [-0.1, -0.05) is 71.1 Å². The molecule has 0 spiro atoms. The van der Waals surface area contributed by atoms with E-state index in [0.717, 1.165) is 32.1 Å². The number of hydrogen-bond acceptors (Lipinski definition) is 3. The monoisotopic (exact) mass is 312 g/mol. The highest BCUT2D eigenvalue weighted by atomic mass is 16.5. The molecule has 1 saturated carbocycles. The highest BCUT2D eigenvalue weighted by Gasteiger charge is 2.48. The molecule has 1 aliphatic carbocycles. The summed E-state index contributed by atoms with van der Waals surface area (Å²) in [4.78, 5) is 23.6. The van der Waals surface area contributed by atoms with Crippen LogP contribution in [0.2, 0.25) is 0 Å². The number of carbonyl (C=O) groups is 2. The first-order chi connectivity index (χ1) is 10.6. The molecule has 22 heavy (non-hydrogen) atoms. The maximum Gasteiger partial charge on any atom is 0.323 e. The Balaban J connectivity index is 2.15. The van der Waals surface area contributed by atoms with Crippen molar-refractivity contribution < 1.29 is 19.4 Å². The summed E-state index contributed by atoms with van der Waals surface area (Å²) in [6, 6.07) is 0. The minimum absolute atomic E-state index is 0.364. The number of carboxylic acids is 1. The minimum atomic E-state index is -1.27. The van der Waals surface area contributed by atoms with Crippen LogP contribution in [0, 0.1) is 5.41 Å². The summed E-state index contributed by atoms with van der Waals surface area (Å²) < 4.78 is 5.27. The summed E-state index contributed by atoms with van der Waals surface area (Å²) in [6.45, 7) is 2.58. The van der Waals surface area contributed by atoms with E-state index >= 15 is 0 Å². The number of ether oxygens (including phenoxy) is 1. The third-order valence-electron chi connectivity index (χ3n) is 4.74. The zero-order chi connectivity index (χ0) is 16.3. The van der Waals surface area contributed by atoms with Crippen LogP contribution in [0.25, 0.3) is 0 Å². The van der Waals surface area contributed by atoms with Gasteiger partial charge >= 0.3 is 11.9 Å². The molecule has 0 saturated heterocycles. The Bertz CT molecular complexity index is 332. The van der Waals surface area contributed by atoms with Gasteiger partial charge in [-0.3, -0.25) is 9.59 Å². The molecular weight excluding hydrogens is 280 g/mol. The standard InChI is InChI=1S/C18H32O4/c1-2-3-4-5-6-7-8-12-15-22-17(21)18(16(19)20)13-10-9-11-14-18/h2-15H2,1H3,(H,19,20). The van der Waals surface area contributed by atoms with E-state index in [1.807, 2.05) is 0 Å². The van der Waals surface area contributed by atoms with Gasteiger partial charge in [0.15, 0.2) is 5.41 Å².